The van der Waals surface area contributed by atoms with E-state index in [9.17, 15) is 13.2 Å². The minimum Gasteiger partial charge on any atom is -0.354 e. The maximum atomic E-state index is 12.9. The summed E-state index contributed by atoms with van der Waals surface area (Å²) < 4.78 is 38.7. The Bertz CT molecular complexity index is 649. The highest BCUT2D eigenvalue weighted by Gasteiger charge is 2.30. The van der Waals surface area contributed by atoms with Crippen LogP contribution in [0.15, 0.2) is 42.6 Å². The number of hydrogen-bond donors (Lipinski definition) is 1. The molecule has 0 amide bonds. The van der Waals surface area contributed by atoms with Crippen molar-refractivity contribution in [3.05, 3.63) is 48.2 Å². The van der Waals surface area contributed by atoms with Crippen LogP contribution in [-0.4, -0.2) is 31.2 Å². The number of piperazine rings is 1. The first-order valence-electron chi connectivity index (χ1n) is 7.14. The molecule has 1 fully saturated rings. The van der Waals surface area contributed by atoms with Crippen LogP contribution in [0.25, 0.3) is 11.1 Å². The number of nitrogens with zero attached hydrogens (tertiary/aromatic N) is 2. The second kappa shape index (κ2) is 5.96. The Morgan fingerprint density at radius 1 is 1.05 bits per heavy atom. The molecule has 1 saturated heterocycles. The van der Waals surface area contributed by atoms with Crippen molar-refractivity contribution in [3.63, 3.8) is 0 Å². The first kappa shape index (κ1) is 14.8. The smallest absolute Gasteiger partial charge is 0.354 e. The largest absolute Gasteiger partial charge is 0.416 e. The van der Waals surface area contributed by atoms with Crippen LogP contribution in [0.1, 0.15) is 5.56 Å². The third-order valence-corrected chi connectivity index (χ3v) is 3.70. The molecule has 116 valence electrons. The standard InChI is InChI=1S/C16H16F3N3/c17-16(18,19)13-4-1-3-12(11-13)14-5-2-6-21-15(14)22-9-7-20-8-10-22/h1-6,11,20H,7-10H2. The number of hydrogen-bond acceptors (Lipinski definition) is 3. The summed E-state index contributed by atoms with van der Waals surface area (Å²) in [4.78, 5) is 6.49. The van der Waals surface area contributed by atoms with E-state index in [1.807, 2.05) is 6.07 Å². The number of nitrogens with one attached hydrogen (secondary N) is 1. The molecule has 2 heterocycles. The molecule has 3 nitrogen and oxygen atoms in total. The summed E-state index contributed by atoms with van der Waals surface area (Å²) in [7, 11) is 0. The number of halogens is 3. The molecule has 0 unspecified atom stereocenters. The molecule has 22 heavy (non-hydrogen) atoms. The Labute approximate surface area is 126 Å². The third kappa shape index (κ3) is 3.06. The predicted molar refractivity (Wildman–Crippen MR) is 79.8 cm³/mol. The second-order valence-corrected chi connectivity index (χ2v) is 5.19. The minimum absolute atomic E-state index is 0.538. The van der Waals surface area contributed by atoms with Crippen molar-refractivity contribution in [3.8, 4) is 11.1 Å². The molecular formula is C16H16F3N3. The number of rotatable bonds is 2. The van der Waals surface area contributed by atoms with Crippen LogP contribution >= 0.6 is 0 Å². The van der Waals surface area contributed by atoms with Crippen molar-refractivity contribution >= 4 is 5.82 Å². The Morgan fingerprint density at radius 2 is 1.82 bits per heavy atom. The Morgan fingerprint density at radius 3 is 2.55 bits per heavy atom. The maximum Gasteiger partial charge on any atom is 0.416 e. The maximum absolute atomic E-state index is 12.9. The zero-order valence-electron chi connectivity index (χ0n) is 11.9. The fourth-order valence-electron chi connectivity index (χ4n) is 2.61. The number of pyridine rings is 1. The van der Waals surface area contributed by atoms with Crippen LogP contribution in [-0.2, 0) is 6.18 Å². The van der Waals surface area contributed by atoms with E-state index in [1.54, 1.807) is 18.3 Å². The van der Waals surface area contributed by atoms with E-state index in [0.717, 1.165) is 43.6 Å². The predicted octanol–water partition coefficient (Wildman–Crippen LogP) is 3.18. The summed E-state index contributed by atoms with van der Waals surface area (Å²) in [5.74, 6) is 0.739. The normalized spacial score (nSPS) is 15.9. The van der Waals surface area contributed by atoms with Crippen molar-refractivity contribution in [2.75, 3.05) is 31.1 Å². The number of benzene rings is 1. The van der Waals surface area contributed by atoms with Crippen LogP contribution in [0, 0.1) is 0 Å². The molecular weight excluding hydrogens is 291 g/mol. The molecule has 0 aliphatic carbocycles. The van der Waals surface area contributed by atoms with Gasteiger partial charge in [-0.3, -0.25) is 0 Å². The molecule has 3 rings (SSSR count). The molecule has 1 N–H and O–H groups in total. The molecule has 0 spiro atoms. The van der Waals surface area contributed by atoms with Crippen molar-refractivity contribution < 1.29 is 13.2 Å². The first-order chi connectivity index (χ1) is 10.6. The molecule has 1 aromatic heterocycles. The highest BCUT2D eigenvalue weighted by molar-refractivity contribution is 5.76. The lowest BCUT2D eigenvalue weighted by molar-refractivity contribution is -0.137. The van der Waals surface area contributed by atoms with E-state index >= 15 is 0 Å². The van der Waals surface area contributed by atoms with Gasteiger partial charge in [-0.25, -0.2) is 4.98 Å². The van der Waals surface area contributed by atoms with Crippen molar-refractivity contribution in [1.29, 1.82) is 0 Å². The first-order valence-corrected chi connectivity index (χ1v) is 7.14. The fourth-order valence-corrected chi connectivity index (χ4v) is 2.61. The van der Waals surface area contributed by atoms with Gasteiger partial charge in [0.15, 0.2) is 0 Å². The van der Waals surface area contributed by atoms with Gasteiger partial charge >= 0.3 is 6.18 Å². The van der Waals surface area contributed by atoms with Crippen LogP contribution in [0.2, 0.25) is 0 Å². The molecule has 0 radical (unpaired) electrons. The van der Waals surface area contributed by atoms with E-state index in [0.29, 0.717) is 5.56 Å². The van der Waals surface area contributed by atoms with Gasteiger partial charge in [0.25, 0.3) is 0 Å². The molecule has 6 heteroatoms. The molecule has 1 aliphatic heterocycles. The summed E-state index contributed by atoms with van der Waals surface area (Å²) in [6, 6.07) is 8.97. The zero-order valence-corrected chi connectivity index (χ0v) is 11.9. The van der Waals surface area contributed by atoms with Crippen LogP contribution in [0.5, 0.6) is 0 Å². The molecule has 1 aromatic carbocycles. The second-order valence-electron chi connectivity index (χ2n) is 5.19. The van der Waals surface area contributed by atoms with Crippen LogP contribution < -0.4 is 10.2 Å². The van der Waals surface area contributed by atoms with Gasteiger partial charge in [0.05, 0.1) is 5.56 Å². The summed E-state index contributed by atoms with van der Waals surface area (Å²) in [6.07, 6.45) is -2.66. The lowest BCUT2D eigenvalue weighted by atomic mass is 10.0. The summed E-state index contributed by atoms with van der Waals surface area (Å²) in [5.41, 5.74) is 0.632. The Hall–Kier alpha value is -2.08. The van der Waals surface area contributed by atoms with Crippen molar-refractivity contribution in [2.24, 2.45) is 0 Å². The van der Waals surface area contributed by atoms with E-state index in [1.165, 1.54) is 12.1 Å². The molecule has 0 saturated carbocycles. The summed E-state index contributed by atoms with van der Waals surface area (Å²) in [5, 5.41) is 3.25. The van der Waals surface area contributed by atoms with E-state index in [2.05, 4.69) is 15.2 Å². The lowest BCUT2D eigenvalue weighted by Crippen LogP contribution is -2.44. The van der Waals surface area contributed by atoms with Gasteiger partial charge in [0.1, 0.15) is 5.82 Å². The van der Waals surface area contributed by atoms with Gasteiger partial charge in [0, 0.05) is 37.9 Å². The number of anilines is 1. The number of aromatic nitrogens is 1. The van der Waals surface area contributed by atoms with Gasteiger partial charge in [-0.1, -0.05) is 12.1 Å². The van der Waals surface area contributed by atoms with E-state index in [-0.39, 0.29) is 0 Å². The average molecular weight is 307 g/mol. The van der Waals surface area contributed by atoms with Crippen LogP contribution in [0.3, 0.4) is 0 Å². The SMILES string of the molecule is FC(F)(F)c1cccc(-c2cccnc2N2CCNCC2)c1. The topological polar surface area (TPSA) is 28.2 Å². The minimum atomic E-state index is -4.34. The summed E-state index contributed by atoms with van der Waals surface area (Å²) in [6.45, 7) is 3.28. The van der Waals surface area contributed by atoms with E-state index in [4.69, 9.17) is 0 Å². The monoisotopic (exact) mass is 307 g/mol. The van der Waals surface area contributed by atoms with Crippen LogP contribution in [0.4, 0.5) is 19.0 Å². The average Bonchev–Trinajstić information content (AvgIpc) is 2.55. The van der Waals surface area contributed by atoms with Gasteiger partial charge < -0.3 is 10.2 Å². The Kier molecular flexibility index (Phi) is 4.02. The highest BCUT2D eigenvalue weighted by Crippen LogP contribution is 2.34. The molecule has 2 aromatic rings. The van der Waals surface area contributed by atoms with Crippen molar-refractivity contribution in [2.45, 2.75) is 6.18 Å². The van der Waals surface area contributed by atoms with Gasteiger partial charge in [0.2, 0.25) is 0 Å². The zero-order chi connectivity index (χ0) is 15.6. The Balaban J connectivity index is 2.01. The van der Waals surface area contributed by atoms with Crippen molar-refractivity contribution in [1.82, 2.24) is 10.3 Å². The van der Waals surface area contributed by atoms with E-state index < -0.39 is 11.7 Å². The lowest BCUT2D eigenvalue weighted by Gasteiger charge is -2.30. The summed E-state index contributed by atoms with van der Waals surface area (Å²) >= 11 is 0. The van der Waals surface area contributed by atoms with Gasteiger partial charge in [-0.05, 0) is 29.8 Å². The quantitative estimate of drug-likeness (QED) is 0.923. The third-order valence-electron chi connectivity index (χ3n) is 3.70. The van der Waals surface area contributed by atoms with Gasteiger partial charge in [-0.15, -0.1) is 0 Å². The molecule has 0 bridgehead atoms. The molecule has 0 atom stereocenters. The highest BCUT2D eigenvalue weighted by atomic mass is 19.4. The molecule has 1 aliphatic rings. The fraction of sp³-hybridized carbons (Fsp3) is 0.312. The number of alkyl halides is 3. The van der Waals surface area contributed by atoms with Gasteiger partial charge in [-0.2, -0.15) is 13.2 Å².